The van der Waals surface area contributed by atoms with Gasteiger partial charge in [0, 0.05) is 0 Å². The minimum absolute atomic E-state index is 0.120. The summed E-state index contributed by atoms with van der Waals surface area (Å²) < 4.78 is 5.41. The van der Waals surface area contributed by atoms with E-state index in [9.17, 15) is 0 Å². The third-order valence-corrected chi connectivity index (χ3v) is 4.35. The van der Waals surface area contributed by atoms with Crippen LogP contribution in [0.4, 0.5) is 0 Å². The largest absolute Gasteiger partial charge is 0.343 e. The van der Waals surface area contributed by atoms with Crippen molar-refractivity contribution in [1.82, 2.24) is 0 Å². The molecule has 0 spiro atoms. The van der Waals surface area contributed by atoms with E-state index in [1.54, 1.807) is 0 Å². The summed E-state index contributed by atoms with van der Waals surface area (Å²) in [7, 11) is 0.120. The van der Waals surface area contributed by atoms with Crippen LogP contribution in [-0.4, -0.2) is 11.5 Å². The fraction of sp³-hybridized carbons (Fsp3) is 1.00. The zero-order chi connectivity index (χ0) is 4.91. The van der Waals surface area contributed by atoms with Gasteiger partial charge in [0.2, 0.25) is 0 Å². The SMILES string of the molecule is CC12CCCP1O2. The van der Waals surface area contributed by atoms with Gasteiger partial charge in [-0.2, -0.15) is 0 Å². The monoisotopic (exact) mass is 116 g/mol. The van der Waals surface area contributed by atoms with Gasteiger partial charge in [0.15, 0.2) is 0 Å². The third kappa shape index (κ3) is 0.458. The molecule has 0 bridgehead atoms. The molecule has 0 N–H and O–H groups in total. The first-order chi connectivity index (χ1) is 3.31. The molecular weight excluding hydrogens is 107 g/mol. The second kappa shape index (κ2) is 1.04. The summed E-state index contributed by atoms with van der Waals surface area (Å²) in [5.74, 6) is 0. The maximum absolute atomic E-state index is 5.41. The average Bonchev–Trinajstić information content (AvgIpc) is 2.09. The van der Waals surface area contributed by atoms with Crippen LogP contribution in [-0.2, 0) is 4.52 Å². The number of rotatable bonds is 0. The topological polar surface area (TPSA) is 12.5 Å². The zero-order valence-electron chi connectivity index (χ0n) is 4.48. The van der Waals surface area contributed by atoms with E-state index >= 15 is 0 Å². The molecule has 2 unspecified atom stereocenters. The van der Waals surface area contributed by atoms with Crippen LogP contribution in [0, 0.1) is 0 Å². The molecule has 0 aromatic rings. The summed E-state index contributed by atoms with van der Waals surface area (Å²) in [5, 5.41) is 0.426. The Labute approximate surface area is 44.9 Å². The first kappa shape index (κ1) is 4.29. The highest BCUT2D eigenvalue weighted by atomic mass is 31.2. The van der Waals surface area contributed by atoms with Crippen molar-refractivity contribution in [2.75, 3.05) is 6.16 Å². The molecule has 1 nitrogen and oxygen atoms in total. The van der Waals surface area contributed by atoms with Crippen LogP contribution in [0.1, 0.15) is 19.8 Å². The Morgan fingerprint density at radius 3 is 2.71 bits per heavy atom. The Bertz CT molecular complexity index is 102. The van der Waals surface area contributed by atoms with E-state index in [1.165, 1.54) is 19.0 Å². The van der Waals surface area contributed by atoms with Crippen molar-refractivity contribution in [3.8, 4) is 0 Å². The van der Waals surface area contributed by atoms with E-state index in [0.717, 1.165) is 0 Å². The molecule has 0 radical (unpaired) electrons. The lowest BCUT2D eigenvalue weighted by atomic mass is 10.2. The first-order valence-electron chi connectivity index (χ1n) is 2.78. The van der Waals surface area contributed by atoms with E-state index in [0.29, 0.717) is 5.34 Å². The van der Waals surface area contributed by atoms with Crippen molar-refractivity contribution in [1.29, 1.82) is 0 Å². The minimum Gasteiger partial charge on any atom is -0.343 e. The molecule has 2 aliphatic rings. The number of hydrogen-bond donors (Lipinski definition) is 0. The van der Waals surface area contributed by atoms with Crippen molar-refractivity contribution in [3.63, 3.8) is 0 Å². The first-order valence-corrected chi connectivity index (χ1v) is 4.22. The predicted molar refractivity (Wildman–Crippen MR) is 30.5 cm³/mol. The van der Waals surface area contributed by atoms with Gasteiger partial charge in [-0.05, 0) is 25.9 Å². The zero-order valence-corrected chi connectivity index (χ0v) is 5.37. The van der Waals surface area contributed by atoms with E-state index in [1.807, 2.05) is 0 Å². The van der Waals surface area contributed by atoms with Crippen molar-refractivity contribution in [3.05, 3.63) is 0 Å². The third-order valence-electron chi connectivity index (χ3n) is 1.80. The maximum Gasteiger partial charge on any atom is 0.113 e. The van der Waals surface area contributed by atoms with Crippen LogP contribution in [0.5, 0.6) is 0 Å². The summed E-state index contributed by atoms with van der Waals surface area (Å²) in [5.41, 5.74) is 0. The number of hydrogen-bond acceptors (Lipinski definition) is 1. The van der Waals surface area contributed by atoms with Crippen molar-refractivity contribution in [2.45, 2.75) is 25.1 Å². The molecule has 0 saturated carbocycles. The Morgan fingerprint density at radius 1 is 1.71 bits per heavy atom. The fourth-order valence-corrected chi connectivity index (χ4v) is 3.34. The van der Waals surface area contributed by atoms with Gasteiger partial charge < -0.3 is 4.52 Å². The van der Waals surface area contributed by atoms with Gasteiger partial charge in [-0.3, -0.25) is 0 Å². The second-order valence-electron chi connectivity index (χ2n) is 2.47. The molecule has 0 aliphatic carbocycles. The van der Waals surface area contributed by atoms with Crippen LogP contribution in [0.15, 0.2) is 0 Å². The molecule has 2 rings (SSSR count). The summed E-state index contributed by atoms with van der Waals surface area (Å²) in [4.78, 5) is 0. The highest BCUT2D eigenvalue weighted by molar-refractivity contribution is 7.60. The molecule has 2 aliphatic heterocycles. The molecule has 2 fully saturated rings. The lowest BCUT2D eigenvalue weighted by molar-refractivity contribution is 0.317. The van der Waals surface area contributed by atoms with E-state index in [-0.39, 0.29) is 8.15 Å². The van der Waals surface area contributed by atoms with Crippen molar-refractivity contribution in [2.24, 2.45) is 0 Å². The van der Waals surface area contributed by atoms with Crippen molar-refractivity contribution >= 4 is 8.15 Å². The Balaban J connectivity index is 2.17. The molecule has 2 saturated heterocycles. The van der Waals surface area contributed by atoms with Gasteiger partial charge in [0.05, 0.1) is 8.15 Å². The minimum atomic E-state index is 0.120. The van der Waals surface area contributed by atoms with Crippen LogP contribution < -0.4 is 0 Å². The maximum atomic E-state index is 5.41. The summed E-state index contributed by atoms with van der Waals surface area (Å²) >= 11 is 0. The normalized spacial score (nSPS) is 57.0. The summed E-state index contributed by atoms with van der Waals surface area (Å²) in [6.07, 6.45) is 4.13. The van der Waals surface area contributed by atoms with E-state index in [4.69, 9.17) is 4.52 Å². The summed E-state index contributed by atoms with van der Waals surface area (Å²) in [6.45, 7) is 2.24. The lowest BCUT2D eigenvalue weighted by Crippen LogP contribution is -1.94. The molecule has 40 valence electrons. The van der Waals surface area contributed by atoms with Crippen LogP contribution in [0.25, 0.3) is 0 Å². The molecule has 0 amide bonds. The van der Waals surface area contributed by atoms with Gasteiger partial charge in [-0.25, -0.2) is 0 Å². The van der Waals surface area contributed by atoms with Crippen LogP contribution in [0.3, 0.4) is 0 Å². The second-order valence-corrected chi connectivity index (χ2v) is 4.80. The molecule has 0 aromatic carbocycles. The molecule has 7 heavy (non-hydrogen) atoms. The van der Waals surface area contributed by atoms with Crippen LogP contribution in [0.2, 0.25) is 0 Å². The number of fused-ring (bicyclic) bond motifs is 1. The van der Waals surface area contributed by atoms with Crippen LogP contribution >= 0.6 is 8.15 Å². The standard InChI is InChI=1S/C5H9OP/c1-5-3-2-4-7(5)6-5/h2-4H2,1H3. The quantitative estimate of drug-likeness (QED) is 0.348. The lowest BCUT2D eigenvalue weighted by Gasteiger charge is -1.92. The Morgan fingerprint density at radius 2 is 2.57 bits per heavy atom. The van der Waals surface area contributed by atoms with Crippen molar-refractivity contribution < 1.29 is 4.52 Å². The highest BCUT2D eigenvalue weighted by Gasteiger charge is 2.55. The van der Waals surface area contributed by atoms with Gasteiger partial charge in [0.1, 0.15) is 5.34 Å². The predicted octanol–water partition coefficient (Wildman–Crippen LogP) is 1.92. The molecule has 2 atom stereocenters. The van der Waals surface area contributed by atoms with Gasteiger partial charge in [-0.1, -0.05) is 0 Å². The Hall–Kier alpha value is 0.390. The Kier molecular flexibility index (Phi) is 0.634. The van der Waals surface area contributed by atoms with E-state index in [2.05, 4.69) is 6.92 Å². The van der Waals surface area contributed by atoms with Gasteiger partial charge in [0.25, 0.3) is 0 Å². The summed E-state index contributed by atoms with van der Waals surface area (Å²) in [6, 6.07) is 0. The smallest absolute Gasteiger partial charge is 0.113 e. The van der Waals surface area contributed by atoms with E-state index < -0.39 is 0 Å². The molecular formula is C5H9OP. The molecule has 0 aromatic heterocycles. The van der Waals surface area contributed by atoms with Gasteiger partial charge >= 0.3 is 0 Å². The molecule has 2 heterocycles. The highest BCUT2D eigenvalue weighted by Crippen LogP contribution is 2.76. The molecule has 2 heteroatoms. The average molecular weight is 116 g/mol. The fourth-order valence-electron chi connectivity index (χ4n) is 1.22. The van der Waals surface area contributed by atoms with Gasteiger partial charge in [-0.15, -0.1) is 0 Å².